The minimum atomic E-state index is 0. The van der Waals surface area contributed by atoms with Crippen LogP contribution < -0.4 is 0 Å². The van der Waals surface area contributed by atoms with Gasteiger partial charge in [0.05, 0.1) is 0 Å². The second kappa shape index (κ2) is 26.2. The molecule has 0 heterocycles. The molecule has 1 aliphatic carbocycles. The lowest BCUT2D eigenvalue weighted by Crippen LogP contribution is -1.92. The summed E-state index contributed by atoms with van der Waals surface area (Å²) in [5.41, 5.74) is 8.63. The number of nitrogens with zero attached hydrogens (tertiary/aromatic N) is 2. The van der Waals surface area contributed by atoms with Crippen LogP contribution >= 0.6 is 12.4 Å². The van der Waals surface area contributed by atoms with Crippen molar-refractivity contribution in [2.75, 3.05) is 0 Å². The van der Waals surface area contributed by atoms with Crippen LogP contribution in [-0.4, -0.2) is 5.71 Å². The van der Waals surface area contributed by atoms with Crippen LogP contribution in [0.3, 0.4) is 0 Å². The van der Waals surface area contributed by atoms with Crippen LogP contribution in [0.15, 0.2) is 57.4 Å². The summed E-state index contributed by atoms with van der Waals surface area (Å²) in [6.07, 6.45) is 16.1. The topological polar surface area (TPSA) is 41.8 Å². The Morgan fingerprint density at radius 1 is 0.897 bits per heavy atom. The Labute approximate surface area is 249 Å². The molecule has 0 N–H and O–H groups in total. The first-order valence-electron chi connectivity index (χ1n) is 15.4. The Balaban J connectivity index is -0.000000848. The third-order valence-electron chi connectivity index (χ3n) is 6.36. The minimum absolute atomic E-state index is 0. The van der Waals surface area contributed by atoms with Gasteiger partial charge < -0.3 is 0 Å². The van der Waals surface area contributed by atoms with Crippen LogP contribution in [0.25, 0.3) is 5.57 Å². The van der Waals surface area contributed by atoms with E-state index in [-0.39, 0.29) is 12.4 Å². The van der Waals surface area contributed by atoms with Crippen LogP contribution in [0.2, 0.25) is 0 Å². The zero-order valence-corrected chi connectivity index (χ0v) is 28.4. The number of rotatable bonds is 12. The Morgan fingerprint density at radius 3 is 1.82 bits per heavy atom. The molecule has 1 aliphatic rings. The molecule has 0 atom stereocenters. The molecule has 0 amide bonds. The van der Waals surface area contributed by atoms with Crippen molar-refractivity contribution in [2.24, 2.45) is 10.2 Å². The maximum absolute atomic E-state index is 11.1. The molecule has 0 bridgehead atoms. The third-order valence-corrected chi connectivity index (χ3v) is 6.36. The molecule has 1 saturated carbocycles. The highest BCUT2D eigenvalue weighted by molar-refractivity contribution is 5.85. The first-order chi connectivity index (χ1) is 18.3. The van der Waals surface area contributed by atoms with E-state index in [2.05, 4.69) is 69.9 Å². The SMILES string of the molecule is C/C=C(/C=C(\CC)c1ccc(N=O)c(C2CC2)c1)C(\C)=C(\C)N=C(C)C.CC.CC.CCCCCCCC.Cl. The Morgan fingerprint density at radius 2 is 1.44 bits per heavy atom. The highest BCUT2D eigenvalue weighted by Crippen LogP contribution is 2.45. The van der Waals surface area contributed by atoms with Crippen molar-refractivity contribution in [1.29, 1.82) is 0 Å². The van der Waals surface area contributed by atoms with E-state index in [1.54, 1.807) is 0 Å². The van der Waals surface area contributed by atoms with E-state index in [0.717, 1.165) is 36.2 Å². The van der Waals surface area contributed by atoms with Crippen LogP contribution in [0.5, 0.6) is 0 Å². The van der Waals surface area contributed by atoms with Gasteiger partial charge in [0.25, 0.3) is 0 Å². The quantitative estimate of drug-likeness (QED) is 0.108. The summed E-state index contributed by atoms with van der Waals surface area (Å²) in [6, 6.07) is 6.05. The van der Waals surface area contributed by atoms with Gasteiger partial charge in [0.15, 0.2) is 0 Å². The summed E-state index contributed by atoms with van der Waals surface area (Å²) >= 11 is 0. The number of hydrogen-bond donors (Lipinski definition) is 0. The van der Waals surface area contributed by atoms with E-state index in [9.17, 15) is 4.91 Å². The number of unbranched alkanes of at least 4 members (excludes halogenated alkanes) is 5. The zero-order chi connectivity index (χ0) is 29.5. The monoisotopic (exact) mass is 560 g/mol. The molecule has 4 heteroatoms. The van der Waals surface area contributed by atoms with Gasteiger partial charge in [0.2, 0.25) is 0 Å². The number of hydrogen-bond acceptors (Lipinski definition) is 3. The number of benzene rings is 1. The van der Waals surface area contributed by atoms with E-state index in [1.165, 1.54) is 60.8 Å². The third kappa shape index (κ3) is 17.3. The van der Waals surface area contributed by atoms with Crippen molar-refractivity contribution in [1.82, 2.24) is 0 Å². The molecule has 0 aromatic heterocycles. The number of halogens is 1. The summed E-state index contributed by atoms with van der Waals surface area (Å²) in [4.78, 5) is 15.7. The first kappa shape index (κ1) is 41.5. The molecular formula is C35H61ClN2O. The van der Waals surface area contributed by atoms with E-state index in [0.29, 0.717) is 11.6 Å². The fraction of sp³-hybridized carbons (Fsp3) is 0.629. The smallest absolute Gasteiger partial charge is 0.111 e. The molecule has 3 nitrogen and oxygen atoms in total. The Kier molecular flexibility index (Phi) is 27.9. The largest absolute Gasteiger partial charge is 0.263 e. The van der Waals surface area contributed by atoms with Crippen molar-refractivity contribution < 1.29 is 0 Å². The van der Waals surface area contributed by atoms with E-state index < -0.39 is 0 Å². The number of nitroso groups, excluding NO2 is 1. The van der Waals surface area contributed by atoms with Crippen molar-refractivity contribution >= 4 is 29.4 Å². The Bertz CT molecular complexity index is 895. The summed E-state index contributed by atoms with van der Waals surface area (Å²) < 4.78 is 0. The number of allylic oxidation sites excluding steroid dienone is 6. The fourth-order valence-electron chi connectivity index (χ4n) is 4.03. The summed E-state index contributed by atoms with van der Waals surface area (Å²) in [6.45, 7) is 25.0. The van der Waals surface area contributed by atoms with Gasteiger partial charge in [-0.05, 0) is 105 Å². The molecule has 0 radical (unpaired) electrons. The van der Waals surface area contributed by atoms with Crippen LogP contribution in [0.1, 0.15) is 158 Å². The van der Waals surface area contributed by atoms with Gasteiger partial charge in [0, 0.05) is 11.4 Å². The molecule has 1 fully saturated rings. The summed E-state index contributed by atoms with van der Waals surface area (Å²) in [5.74, 6) is 0.507. The van der Waals surface area contributed by atoms with Gasteiger partial charge in [0.1, 0.15) is 5.69 Å². The van der Waals surface area contributed by atoms with E-state index >= 15 is 0 Å². The summed E-state index contributed by atoms with van der Waals surface area (Å²) in [7, 11) is 0. The van der Waals surface area contributed by atoms with Gasteiger partial charge in [-0.25, -0.2) is 0 Å². The van der Waals surface area contributed by atoms with Crippen LogP contribution in [-0.2, 0) is 0 Å². The molecular weight excluding hydrogens is 500 g/mol. The lowest BCUT2D eigenvalue weighted by Gasteiger charge is -2.12. The molecule has 0 spiro atoms. The van der Waals surface area contributed by atoms with E-state index in [4.69, 9.17) is 0 Å². The second-order valence-electron chi connectivity index (χ2n) is 9.59. The highest BCUT2D eigenvalue weighted by Gasteiger charge is 2.27. The average Bonchev–Trinajstić information content (AvgIpc) is 3.79. The molecule has 39 heavy (non-hydrogen) atoms. The van der Waals surface area contributed by atoms with Gasteiger partial charge in [-0.2, -0.15) is 0 Å². The maximum Gasteiger partial charge on any atom is 0.111 e. The van der Waals surface area contributed by atoms with Crippen molar-refractivity contribution in [2.45, 2.75) is 147 Å². The van der Waals surface area contributed by atoms with Gasteiger partial charge in [-0.15, -0.1) is 17.3 Å². The zero-order valence-electron chi connectivity index (χ0n) is 27.5. The fourth-order valence-corrected chi connectivity index (χ4v) is 4.03. The molecule has 0 unspecified atom stereocenters. The predicted octanol–water partition coefficient (Wildman–Crippen LogP) is 13.3. The Hall–Kier alpha value is -2.00. The van der Waals surface area contributed by atoms with Crippen LogP contribution in [0.4, 0.5) is 5.69 Å². The van der Waals surface area contributed by atoms with Crippen molar-refractivity contribution in [3.05, 3.63) is 63.2 Å². The van der Waals surface area contributed by atoms with Crippen molar-refractivity contribution in [3.63, 3.8) is 0 Å². The van der Waals surface area contributed by atoms with Crippen LogP contribution in [0, 0.1) is 4.91 Å². The minimum Gasteiger partial charge on any atom is -0.263 e. The lowest BCUT2D eigenvalue weighted by molar-refractivity contribution is 0.624. The van der Waals surface area contributed by atoms with Crippen molar-refractivity contribution in [3.8, 4) is 0 Å². The number of aliphatic imine (C=N–C) groups is 1. The maximum atomic E-state index is 11.1. The molecule has 1 aromatic carbocycles. The highest BCUT2D eigenvalue weighted by atomic mass is 35.5. The van der Waals surface area contributed by atoms with E-state index in [1.807, 2.05) is 53.7 Å². The second-order valence-corrected chi connectivity index (χ2v) is 9.59. The molecule has 0 saturated heterocycles. The molecule has 0 aliphatic heterocycles. The van der Waals surface area contributed by atoms with Gasteiger partial charge in [-0.3, -0.25) is 4.99 Å². The normalized spacial score (nSPS) is 13.1. The average molecular weight is 561 g/mol. The molecule has 224 valence electrons. The molecule has 1 aromatic rings. The lowest BCUT2D eigenvalue weighted by atomic mass is 9.94. The molecule has 2 rings (SSSR count). The first-order valence-corrected chi connectivity index (χ1v) is 15.4. The standard InChI is InChI=1S/C23H30N2O.C8H18.2C2H6.ClH/c1-7-18(16(5)17(6)24-15(3)4)13-19(8-2)21-11-12-23(25-26)22(14-21)20-9-10-20;1-3-5-7-8-6-4-2;2*1-2;/h7,11-14,20H,8-10H2,1-6H3;3-8H2,1-2H3;2*1-2H3;1H/b17-16-,18-7-,19-13+;;;;. The predicted molar refractivity (Wildman–Crippen MR) is 182 cm³/mol. The van der Waals surface area contributed by atoms with Gasteiger partial charge in [-0.1, -0.05) is 105 Å². The van der Waals surface area contributed by atoms with Gasteiger partial charge >= 0.3 is 0 Å². The summed E-state index contributed by atoms with van der Waals surface area (Å²) in [5, 5.41) is 3.21.